The van der Waals surface area contributed by atoms with Gasteiger partial charge in [-0.3, -0.25) is 0 Å². The third kappa shape index (κ3) is 7.16. The number of alkyl carbamates (subject to hydrolysis) is 1. The van der Waals surface area contributed by atoms with Crippen molar-refractivity contribution in [3.8, 4) is 22.8 Å². The maximum atomic E-state index is 12.9. The van der Waals surface area contributed by atoms with E-state index in [1.165, 1.54) is 13.5 Å². The lowest BCUT2D eigenvalue weighted by Crippen LogP contribution is -2.28. The average Bonchev–Trinajstić information content (AvgIpc) is 3.63. The molecule has 1 atom stereocenters. The van der Waals surface area contributed by atoms with Gasteiger partial charge in [0.15, 0.2) is 23.7 Å². The summed E-state index contributed by atoms with van der Waals surface area (Å²) in [5.74, 6) is 1.35. The number of nitrogens with zero attached hydrogens (tertiary/aromatic N) is 1. The van der Waals surface area contributed by atoms with Gasteiger partial charge in [0.1, 0.15) is 6.10 Å². The SMILES string of the molecule is CCCCOc1c(NC(=O)Nc2cccc(CNC(=O)O[C@H]3CCOC3)c2)ccc(-c2cnco2)c1OC. The number of urea groups is 1. The Morgan fingerprint density at radius 1 is 1.16 bits per heavy atom. The molecule has 202 valence electrons. The van der Waals surface area contributed by atoms with Crippen molar-refractivity contribution < 1.29 is 33.0 Å². The number of carbonyl (C=O) groups is 2. The van der Waals surface area contributed by atoms with Gasteiger partial charge in [0.2, 0.25) is 0 Å². The number of anilines is 2. The Bertz CT molecular complexity index is 1210. The van der Waals surface area contributed by atoms with Crippen molar-refractivity contribution in [3.05, 3.63) is 54.6 Å². The predicted molar refractivity (Wildman–Crippen MR) is 141 cm³/mol. The van der Waals surface area contributed by atoms with Crippen LogP contribution in [0, 0.1) is 0 Å². The van der Waals surface area contributed by atoms with Gasteiger partial charge in [-0.15, -0.1) is 0 Å². The van der Waals surface area contributed by atoms with E-state index in [0.29, 0.717) is 60.4 Å². The molecule has 0 aliphatic carbocycles. The van der Waals surface area contributed by atoms with Crippen molar-refractivity contribution in [2.24, 2.45) is 0 Å². The van der Waals surface area contributed by atoms with Gasteiger partial charge in [-0.25, -0.2) is 14.6 Å². The van der Waals surface area contributed by atoms with Crippen LogP contribution in [-0.4, -0.2) is 50.1 Å². The predicted octanol–water partition coefficient (Wildman–Crippen LogP) is 5.19. The molecular weight excluding hydrogens is 492 g/mol. The van der Waals surface area contributed by atoms with E-state index in [9.17, 15) is 9.59 Å². The molecule has 2 heterocycles. The highest BCUT2D eigenvalue weighted by Crippen LogP contribution is 2.43. The summed E-state index contributed by atoms with van der Waals surface area (Å²) < 4.78 is 27.6. The summed E-state index contributed by atoms with van der Waals surface area (Å²) in [4.78, 5) is 28.9. The van der Waals surface area contributed by atoms with Gasteiger partial charge in [-0.2, -0.15) is 0 Å². The summed E-state index contributed by atoms with van der Waals surface area (Å²) in [5, 5.41) is 8.38. The van der Waals surface area contributed by atoms with Crippen LogP contribution in [-0.2, 0) is 16.0 Å². The molecule has 1 aromatic heterocycles. The highest BCUT2D eigenvalue weighted by Gasteiger charge is 2.21. The molecule has 11 heteroatoms. The van der Waals surface area contributed by atoms with E-state index in [0.717, 1.165) is 18.4 Å². The molecule has 3 N–H and O–H groups in total. The first-order valence-electron chi connectivity index (χ1n) is 12.5. The van der Waals surface area contributed by atoms with Crippen LogP contribution in [0.5, 0.6) is 11.5 Å². The minimum atomic E-state index is -0.505. The lowest BCUT2D eigenvalue weighted by atomic mass is 10.1. The van der Waals surface area contributed by atoms with E-state index in [2.05, 4.69) is 27.9 Å². The Morgan fingerprint density at radius 3 is 2.79 bits per heavy atom. The Labute approximate surface area is 220 Å². The smallest absolute Gasteiger partial charge is 0.407 e. The van der Waals surface area contributed by atoms with Crippen molar-refractivity contribution in [1.82, 2.24) is 10.3 Å². The van der Waals surface area contributed by atoms with Crippen molar-refractivity contribution >= 4 is 23.5 Å². The molecule has 38 heavy (non-hydrogen) atoms. The third-order valence-corrected chi connectivity index (χ3v) is 5.79. The van der Waals surface area contributed by atoms with Crippen LogP contribution in [0.1, 0.15) is 31.7 Å². The van der Waals surface area contributed by atoms with Gasteiger partial charge in [0, 0.05) is 18.7 Å². The number of hydrogen-bond donors (Lipinski definition) is 3. The average molecular weight is 525 g/mol. The lowest BCUT2D eigenvalue weighted by molar-refractivity contribution is 0.0828. The second-order valence-electron chi connectivity index (χ2n) is 8.61. The zero-order valence-electron chi connectivity index (χ0n) is 21.5. The maximum Gasteiger partial charge on any atom is 0.407 e. The minimum absolute atomic E-state index is 0.217. The summed E-state index contributed by atoms with van der Waals surface area (Å²) in [6, 6.07) is 10.2. The molecule has 1 aliphatic rings. The number of oxazole rings is 1. The summed E-state index contributed by atoms with van der Waals surface area (Å²) in [5.41, 5.74) is 2.44. The highest BCUT2D eigenvalue weighted by atomic mass is 16.6. The molecule has 0 bridgehead atoms. The molecule has 0 unspecified atom stereocenters. The van der Waals surface area contributed by atoms with Crippen molar-refractivity contribution in [2.75, 3.05) is 37.6 Å². The second-order valence-corrected chi connectivity index (χ2v) is 8.61. The van der Waals surface area contributed by atoms with E-state index in [4.69, 9.17) is 23.4 Å². The van der Waals surface area contributed by atoms with Crippen LogP contribution < -0.4 is 25.4 Å². The number of nitrogens with one attached hydrogen (secondary N) is 3. The van der Waals surface area contributed by atoms with Gasteiger partial charge >= 0.3 is 12.1 Å². The van der Waals surface area contributed by atoms with Gasteiger partial charge < -0.3 is 39.3 Å². The number of rotatable bonds is 11. The Morgan fingerprint density at radius 2 is 2.05 bits per heavy atom. The first kappa shape index (κ1) is 26.8. The Balaban J connectivity index is 1.41. The van der Waals surface area contributed by atoms with E-state index >= 15 is 0 Å². The summed E-state index contributed by atoms with van der Waals surface area (Å²) in [6.07, 6.45) is 4.68. The molecule has 1 saturated heterocycles. The monoisotopic (exact) mass is 524 g/mol. The van der Waals surface area contributed by atoms with E-state index < -0.39 is 12.1 Å². The zero-order valence-corrected chi connectivity index (χ0v) is 21.5. The standard InChI is InChI=1S/C27H32N4O7/c1-3-4-11-36-25-22(9-8-21(24(25)34-2)23-15-28-17-37-23)31-26(32)30-19-7-5-6-18(13-19)14-29-27(33)38-20-10-12-35-16-20/h5-9,13,15,17,20H,3-4,10-12,14,16H2,1-2H3,(H,29,33)(H2,30,31,32)/t20-/m0/s1. The van der Waals surface area contributed by atoms with E-state index in [1.807, 2.05) is 6.07 Å². The van der Waals surface area contributed by atoms with E-state index in [-0.39, 0.29) is 12.6 Å². The number of benzene rings is 2. The number of amides is 3. The molecular formula is C27H32N4O7. The fraction of sp³-hybridized carbons (Fsp3) is 0.370. The highest BCUT2D eigenvalue weighted by molar-refractivity contribution is 6.01. The number of methoxy groups -OCH3 is 1. The van der Waals surface area contributed by atoms with Gasteiger partial charge in [-0.05, 0) is 36.2 Å². The van der Waals surface area contributed by atoms with Crippen LogP contribution in [0.3, 0.4) is 0 Å². The molecule has 3 amide bonds. The van der Waals surface area contributed by atoms with Gasteiger partial charge in [-0.1, -0.05) is 25.5 Å². The normalized spacial score (nSPS) is 14.5. The maximum absolute atomic E-state index is 12.9. The lowest BCUT2D eigenvalue weighted by Gasteiger charge is -2.18. The number of aromatic nitrogens is 1. The van der Waals surface area contributed by atoms with Crippen LogP contribution in [0.15, 0.2) is 53.4 Å². The van der Waals surface area contributed by atoms with Crippen LogP contribution in [0.25, 0.3) is 11.3 Å². The molecule has 1 aliphatic heterocycles. The van der Waals surface area contributed by atoms with Crippen molar-refractivity contribution in [2.45, 2.75) is 38.8 Å². The number of unbranched alkanes of at least 4 members (excludes halogenated alkanes) is 1. The molecule has 2 aromatic carbocycles. The van der Waals surface area contributed by atoms with Gasteiger partial charge in [0.05, 0.1) is 44.4 Å². The fourth-order valence-corrected chi connectivity index (χ4v) is 3.89. The summed E-state index contributed by atoms with van der Waals surface area (Å²) >= 11 is 0. The van der Waals surface area contributed by atoms with Crippen molar-refractivity contribution in [3.63, 3.8) is 0 Å². The third-order valence-electron chi connectivity index (χ3n) is 5.79. The fourth-order valence-electron chi connectivity index (χ4n) is 3.89. The zero-order chi connectivity index (χ0) is 26.7. The molecule has 4 rings (SSSR count). The number of hydrogen-bond acceptors (Lipinski definition) is 8. The molecule has 11 nitrogen and oxygen atoms in total. The quantitative estimate of drug-likeness (QED) is 0.292. The molecule has 0 spiro atoms. The first-order valence-corrected chi connectivity index (χ1v) is 12.5. The number of ether oxygens (including phenoxy) is 4. The van der Waals surface area contributed by atoms with Crippen LogP contribution >= 0.6 is 0 Å². The Hall–Kier alpha value is -4.25. The van der Waals surface area contributed by atoms with Crippen molar-refractivity contribution in [1.29, 1.82) is 0 Å². The summed E-state index contributed by atoms with van der Waals surface area (Å²) in [6.45, 7) is 3.78. The second kappa shape index (κ2) is 13.3. The first-order chi connectivity index (χ1) is 18.6. The topological polar surface area (TPSA) is 133 Å². The minimum Gasteiger partial charge on any atom is -0.492 e. The molecule has 1 fully saturated rings. The Kier molecular flexibility index (Phi) is 9.41. The van der Waals surface area contributed by atoms with Crippen LogP contribution in [0.2, 0.25) is 0 Å². The largest absolute Gasteiger partial charge is 0.492 e. The summed E-state index contributed by atoms with van der Waals surface area (Å²) in [7, 11) is 1.53. The van der Waals surface area contributed by atoms with Gasteiger partial charge in [0.25, 0.3) is 0 Å². The molecule has 0 radical (unpaired) electrons. The number of carbonyl (C=O) groups excluding carboxylic acids is 2. The van der Waals surface area contributed by atoms with Crippen LogP contribution in [0.4, 0.5) is 21.0 Å². The molecule has 3 aromatic rings. The van der Waals surface area contributed by atoms with E-state index in [1.54, 1.807) is 36.5 Å². The molecule has 0 saturated carbocycles.